The number of nitriles is 1. The lowest BCUT2D eigenvalue weighted by Crippen LogP contribution is -2.48. The Labute approximate surface area is 81.8 Å². The van der Waals surface area contributed by atoms with Crippen molar-refractivity contribution in [2.24, 2.45) is 5.92 Å². The van der Waals surface area contributed by atoms with Gasteiger partial charge in [-0.15, -0.1) is 0 Å². The van der Waals surface area contributed by atoms with Gasteiger partial charge in [-0.05, 0) is 12.1 Å². The van der Waals surface area contributed by atoms with Crippen molar-refractivity contribution >= 4 is 5.82 Å². The third-order valence-electron chi connectivity index (χ3n) is 2.38. The molecule has 1 aromatic rings. The molecule has 2 heterocycles. The van der Waals surface area contributed by atoms with Gasteiger partial charge in [-0.2, -0.15) is 5.26 Å². The van der Waals surface area contributed by atoms with Crippen molar-refractivity contribution in [3.8, 4) is 6.07 Å². The second kappa shape index (κ2) is 3.62. The molecule has 0 spiro atoms. The molecule has 1 aromatic heterocycles. The quantitative estimate of drug-likeness (QED) is 0.708. The molecule has 1 saturated heterocycles. The number of nitrogens with zero attached hydrogens (tertiary/aromatic N) is 3. The van der Waals surface area contributed by atoms with Crippen LogP contribution in [-0.2, 0) is 0 Å². The Hall–Kier alpha value is -1.63. The van der Waals surface area contributed by atoms with Gasteiger partial charge in [-0.3, -0.25) is 4.39 Å². The zero-order valence-corrected chi connectivity index (χ0v) is 7.65. The Morgan fingerprint density at radius 3 is 2.86 bits per heavy atom. The summed E-state index contributed by atoms with van der Waals surface area (Å²) in [6, 6.07) is 5.53. The van der Waals surface area contributed by atoms with E-state index < -0.39 is 0 Å². The largest absolute Gasteiger partial charge is 0.356 e. The highest BCUT2D eigenvalue weighted by molar-refractivity contribution is 5.44. The average Bonchev–Trinajstić information content (AvgIpc) is 2.17. The molecule has 0 N–H and O–H groups in total. The number of rotatable bonds is 2. The zero-order chi connectivity index (χ0) is 9.97. The fourth-order valence-electron chi connectivity index (χ4n) is 1.49. The Morgan fingerprint density at radius 1 is 1.57 bits per heavy atom. The standard InChI is InChI=1S/C10H10FN3/c11-3-9-6-14(7-9)10-2-1-8(4-12)5-13-10/h1-2,5,9H,3,6-7H2. The molecular weight excluding hydrogens is 181 g/mol. The predicted octanol–water partition coefficient (Wildman–Crippen LogP) is 1.36. The number of anilines is 1. The summed E-state index contributed by atoms with van der Waals surface area (Å²) in [7, 11) is 0. The van der Waals surface area contributed by atoms with Crippen LogP contribution in [0.5, 0.6) is 0 Å². The Balaban J connectivity index is 2.02. The van der Waals surface area contributed by atoms with Gasteiger partial charge in [0.2, 0.25) is 0 Å². The molecule has 0 bridgehead atoms. The molecule has 1 aliphatic heterocycles. The summed E-state index contributed by atoms with van der Waals surface area (Å²) in [6.07, 6.45) is 1.54. The zero-order valence-electron chi connectivity index (χ0n) is 7.65. The number of pyridine rings is 1. The van der Waals surface area contributed by atoms with Gasteiger partial charge in [0.05, 0.1) is 12.2 Å². The molecule has 0 aromatic carbocycles. The fraction of sp³-hybridized carbons (Fsp3) is 0.400. The van der Waals surface area contributed by atoms with Gasteiger partial charge in [-0.25, -0.2) is 4.98 Å². The van der Waals surface area contributed by atoms with E-state index in [0.29, 0.717) is 5.56 Å². The van der Waals surface area contributed by atoms with E-state index in [1.807, 2.05) is 11.0 Å². The van der Waals surface area contributed by atoms with E-state index in [9.17, 15) is 4.39 Å². The van der Waals surface area contributed by atoms with E-state index in [-0.39, 0.29) is 12.6 Å². The lowest BCUT2D eigenvalue weighted by Gasteiger charge is -2.38. The van der Waals surface area contributed by atoms with Crippen molar-refractivity contribution in [1.29, 1.82) is 5.26 Å². The maximum atomic E-state index is 12.2. The van der Waals surface area contributed by atoms with E-state index in [1.165, 1.54) is 6.20 Å². The van der Waals surface area contributed by atoms with Crippen LogP contribution in [0.3, 0.4) is 0 Å². The van der Waals surface area contributed by atoms with Gasteiger partial charge in [0.15, 0.2) is 0 Å². The molecule has 0 radical (unpaired) electrons. The summed E-state index contributed by atoms with van der Waals surface area (Å²) in [5.74, 6) is 0.987. The highest BCUT2D eigenvalue weighted by Gasteiger charge is 2.27. The smallest absolute Gasteiger partial charge is 0.128 e. The van der Waals surface area contributed by atoms with Gasteiger partial charge in [0.25, 0.3) is 0 Å². The average molecular weight is 191 g/mol. The molecule has 72 valence electrons. The van der Waals surface area contributed by atoms with E-state index in [1.54, 1.807) is 12.1 Å². The van der Waals surface area contributed by atoms with Gasteiger partial charge in [0, 0.05) is 25.2 Å². The van der Waals surface area contributed by atoms with Crippen molar-refractivity contribution in [1.82, 2.24) is 4.98 Å². The summed E-state index contributed by atoms with van der Waals surface area (Å²) in [6.45, 7) is 1.21. The minimum atomic E-state index is -0.257. The molecule has 0 aliphatic carbocycles. The van der Waals surface area contributed by atoms with Crippen LogP contribution in [-0.4, -0.2) is 24.7 Å². The number of hydrogen-bond acceptors (Lipinski definition) is 3. The minimum Gasteiger partial charge on any atom is -0.356 e. The van der Waals surface area contributed by atoms with Crippen LogP contribution >= 0.6 is 0 Å². The minimum absolute atomic E-state index is 0.160. The predicted molar refractivity (Wildman–Crippen MR) is 50.6 cm³/mol. The molecule has 1 aliphatic rings. The topological polar surface area (TPSA) is 39.9 Å². The Kier molecular flexibility index (Phi) is 2.32. The molecule has 0 amide bonds. The van der Waals surface area contributed by atoms with Crippen LogP contribution in [0.2, 0.25) is 0 Å². The molecule has 4 heteroatoms. The normalized spacial score (nSPS) is 16.1. The molecule has 0 unspecified atom stereocenters. The van der Waals surface area contributed by atoms with Crippen LogP contribution in [0, 0.1) is 17.2 Å². The molecule has 14 heavy (non-hydrogen) atoms. The second-order valence-electron chi connectivity index (χ2n) is 3.44. The summed E-state index contributed by atoms with van der Waals surface area (Å²) in [4.78, 5) is 6.13. The monoisotopic (exact) mass is 191 g/mol. The lowest BCUT2D eigenvalue weighted by molar-refractivity contribution is 0.305. The molecule has 0 saturated carbocycles. The third kappa shape index (κ3) is 1.53. The third-order valence-corrected chi connectivity index (χ3v) is 2.38. The van der Waals surface area contributed by atoms with Crippen LogP contribution in [0.25, 0.3) is 0 Å². The molecule has 2 rings (SSSR count). The van der Waals surface area contributed by atoms with E-state index in [4.69, 9.17) is 5.26 Å². The van der Waals surface area contributed by atoms with Crippen LogP contribution in [0.1, 0.15) is 5.56 Å². The number of hydrogen-bond donors (Lipinski definition) is 0. The van der Waals surface area contributed by atoms with Crippen molar-refractivity contribution < 1.29 is 4.39 Å². The van der Waals surface area contributed by atoms with Crippen molar-refractivity contribution in [3.63, 3.8) is 0 Å². The van der Waals surface area contributed by atoms with Gasteiger partial charge in [0.1, 0.15) is 11.9 Å². The first-order chi connectivity index (χ1) is 6.83. The molecular formula is C10H10FN3. The maximum absolute atomic E-state index is 12.2. The van der Waals surface area contributed by atoms with Crippen molar-refractivity contribution in [3.05, 3.63) is 23.9 Å². The van der Waals surface area contributed by atoms with Gasteiger partial charge in [-0.1, -0.05) is 0 Å². The first-order valence-electron chi connectivity index (χ1n) is 4.50. The van der Waals surface area contributed by atoms with E-state index >= 15 is 0 Å². The summed E-state index contributed by atoms with van der Waals surface area (Å²) in [5.41, 5.74) is 0.552. The number of alkyl halides is 1. The highest BCUT2D eigenvalue weighted by Crippen LogP contribution is 2.22. The maximum Gasteiger partial charge on any atom is 0.128 e. The SMILES string of the molecule is N#Cc1ccc(N2CC(CF)C2)nc1. The lowest BCUT2D eigenvalue weighted by atomic mass is 10.0. The fourth-order valence-corrected chi connectivity index (χ4v) is 1.49. The van der Waals surface area contributed by atoms with Crippen LogP contribution < -0.4 is 4.90 Å². The van der Waals surface area contributed by atoms with Crippen molar-refractivity contribution in [2.75, 3.05) is 24.7 Å². The van der Waals surface area contributed by atoms with Crippen molar-refractivity contribution in [2.45, 2.75) is 0 Å². The van der Waals surface area contributed by atoms with Gasteiger partial charge >= 0.3 is 0 Å². The first kappa shape index (κ1) is 8.95. The Morgan fingerprint density at radius 2 is 2.36 bits per heavy atom. The number of halogens is 1. The molecule has 3 nitrogen and oxygen atoms in total. The summed E-state index contributed by atoms with van der Waals surface area (Å²) >= 11 is 0. The van der Waals surface area contributed by atoms with Gasteiger partial charge < -0.3 is 4.90 Å². The van der Waals surface area contributed by atoms with Crippen LogP contribution in [0.4, 0.5) is 10.2 Å². The first-order valence-corrected chi connectivity index (χ1v) is 4.50. The Bertz CT molecular complexity index is 349. The second-order valence-corrected chi connectivity index (χ2v) is 3.44. The number of aromatic nitrogens is 1. The summed E-state index contributed by atoms with van der Waals surface area (Å²) < 4.78 is 12.2. The summed E-state index contributed by atoms with van der Waals surface area (Å²) in [5, 5.41) is 8.57. The molecule has 1 fully saturated rings. The molecule has 0 atom stereocenters. The van der Waals surface area contributed by atoms with E-state index in [2.05, 4.69) is 4.98 Å². The van der Waals surface area contributed by atoms with E-state index in [0.717, 1.165) is 18.9 Å². The van der Waals surface area contributed by atoms with Crippen LogP contribution in [0.15, 0.2) is 18.3 Å². The highest BCUT2D eigenvalue weighted by atomic mass is 19.1.